The van der Waals surface area contributed by atoms with Gasteiger partial charge in [0.2, 0.25) is 35.4 Å². The number of carboxylic acid groups (broad SMARTS) is 1. The predicted octanol–water partition coefficient (Wildman–Crippen LogP) is 9.60. The Hall–Kier alpha value is -8.57. The third-order valence-corrected chi connectivity index (χ3v) is 23.5. The Balaban J connectivity index is 1.25. The lowest BCUT2D eigenvalue weighted by molar-refractivity contribution is -0.142. The zero-order chi connectivity index (χ0) is 83.7. The van der Waals surface area contributed by atoms with Crippen molar-refractivity contribution in [2.75, 3.05) is 18.1 Å². The van der Waals surface area contributed by atoms with E-state index in [1.54, 1.807) is 13.8 Å². The summed E-state index contributed by atoms with van der Waals surface area (Å²) in [6.07, 6.45) is 3.42. The van der Waals surface area contributed by atoms with Crippen molar-refractivity contribution >= 4 is 104 Å². The summed E-state index contributed by atoms with van der Waals surface area (Å²) in [4.78, 5) is 194. The topological polar surface area (TPSA) is 398 Å². The molecule has 5 aromatic rings. The number of aryl methyl sites for hydroxylation is 1. The van der Waals surface area contributed by atoms with Crippen LogP contribution >= 0.6 is 33.2 Å². The molecule has 2 aliphatic rings. The number of aliphatic hydroxyl groups excluding tert-OH is 1. The average Bonchev–Trinajstić information content (AvgIpc) is 1.69. The number of amides is 6. The summed E-state index contributed by atoms with van der Waals surface area (Å²) in [5.41, 5.74) is 3.82. The summed E-state index contributed by atoms with van der Waals surface area (Å²) < 4.78 is 0. The Labute approximate surface area is 682 Å². The molecule has 13 atom stereocenters. The number of phenolic OH excluding ortho intramolecular Hbond substituents is 1. The van der Waals surface area contributed by atoms with Crippen LogP contribution in [0, 0.1) is 52.8 Å². The van der Waals surface area contributed by atoms with Crippen molar-refractivity contribution in [3.63, 3.8) is 0 Å². The normalized spacial score (nSPS) is 20.8. The highest BCUT2D eigenvalue weighted by atomic mass is 35.5. The van der Waals surface area contributed by atoms with Crippen molar-refractivity contribution in [3.05, 3.63) is 137 Å². The zero-order valence-corrected chi connectivity index (χ0v) is 70.2. The number of imidazole rings is 2. The van der Waals surface area contributed by atoms with Crippen LogP contribution in [0.2, 0.25) is 5.02 Å². The van der Waals surface area contributed by atoms with E-state index in [2.05, 4.69) is 84.7 Å². The van der Waals surface area contributed by atoms with Gasteiger partial charge in [0.15, 0.2) is 28.9 Å². The second kappa shape index (κ2) is 44.0. The highest BCUT2D eigenvalue weighted by molar-refractivity contribution is 8.76. The van der Waals surface area contributed by atoms with Gasteiger partial charge in [-0.25, -0.2) is 9.97 Å². The maximum atomic E-state index is 15.7. The van der Waals surface area contributed by atoms with Crippen LogP contribution in [-0.2, 0) is 96.2 Å². The van der Waals surface area contributed by atoms with Gasteiger partial charge in [-0.3, -0.25) is 57.5 Å². The number of aliphatic carboxylic acids is 1. The van der Waals surface area contributed by atoms with Gasteiger partial charge in [-0.15, -0.1) is 0 Å². The van der Waals surface area contributed by atoms with Gasteiger partial charge >= 0.3 is 5.97 Å². The number of phenols is 1. The number of aliphatic hydroxyl groups is 1. The van der Waals surface area contributed by atoms with Crippen LogP contribution in [0.1, 0.15) is 187 Å². The number of nitrogens with one attached hydrogen (secondary N) is 8. The summed E-state index contributed by atoms with van der Waals surface area (Å²) in [6, 6.07) is 13.4. The third-order valence-electron chi connectivity index (χ3n) is 20.8. The number of aromatic nitrogens is 4. The first kappa shape index (κ1) is 92.6. The molecule has 26 nitrogen and oxygen atoms in total. The number of benzene rings is 3. The lowest BCUT2D eigenvalue weighted by atomic mass is 9.85. The van der Waals surface area contributed by atoms with E-state index in [1.165, 1.54) is 48.8 Å². The van der Waals surface area contributed by atoms with Crippen molar-refractivity contribution in [3.8, 4) is 5.75 Å². The van der Waals surface area contributed by atoms with Gasteiger partial charge < -0.3 is 62.1 Å². The quantitative estimate of drug-likeness (QED) is 0.0168. The minimum atomic E-state index is -1.79. The molecule has 11 N–H and O–H groups in total. The number of carbonyl (C=O) groups is 12. The van der Waals surface area contributed by atoms with E-state index < -0.39 is 174 Å². The van der Waals surface area contributed by atoms with E-state index in [1.807, 2.05) is 90.9 Å². The molecule has 114 heavy (non-hydrogen) atoms. The maximum Gasteiger partial charge on any atom is 0.305 e. The summed E-state index contributed by atoms with van der Waals surface area (Å²) in [5.74, 6) is -16.3. The minimum absolute atomic E-state index is 0.00913. The first-order chi connectivity index (χ1) is 53.8. The molecule has 4 heterocycles. The van der Waals surface area contributed by atoms with Crippen molar-refractivity contribution < 1.29 is 72.9 Å². The fourth-order valence-electron chi connectivity index (χ4n) is 14.5. The number of fused-ring (bicyclic) bond motifs is 1. The Kier molecular flexibility index (Phi) is 35.7. The molecule has 0 aliphatic carbocycles. The molecule has 0 saturated carbocycles. The summed E-state index contributed by atoms with van der Waals surface area (Å²) >= 11 is 6.36. The third kappa shape index (κ3) is 30.2. The molecule has 2 aromatic heterocycles. The molecule has 0 spiro atoms. The SMILES string of the molecule is CCC(C)[C@H](NC(=O)[C@@H](CC(=O)[C@@H]1CSSC[C@H](NC(=O)[C@@H](CC(=O)[C@H](Cc2ccccc2)NC(C)(C)C)Cc2cnc[nH]2)C(=O)N2C[C@H](O)C[C@H]2C(=O)C[C@@H](Cc2ccc(O)c(Cl)c2)C(=O)N[C@@H](CC(=O)O)C(=O)C[C@@H](CC(C)C)C(=O)N1)Cc1cnc[nH]1)C(=O)C[C@@H](CC(C)C)C(=O)NCc1ccc(CCC(C)(C)C)cc1. The van der Waals surface area contributed by atoms with E-state index in [0.717, 1.165) is 50.5 Å². The number of nitrogens with zero attached hydrogens (tertiary/aromatic N) is 3. The molecule has 2 fully saturated rings. The predicted molar refractivity (Wildman–Crippen MR) is 439 cm³/mol. The van der Waals surface area contributed by atoms with E-state index in [9.17, 15) is 44.1 Å². The van der Waals surface area contributed by atoms with Crippen LogP contribution in [0.4, 0.5) is 0 Å². The minimum Gasteiger partial charge on any atom is -0.506 e. The highest BCUT2D eigenvalue weighted by Gasteiger charge is 2.45. The molecule has 0 radical (unpaired) electrons. The fraction of sp³-hybridized carbons (Fsp3) is 0.576. The van der Waals surface area contributed by atoms with Crippen LogP contribution < -0.4 is 31.9 Å². The number of aromatic amines is 2. The largest absolute Gasteiger partial charge is 0.506 e. The van der Waals surface area contributed by atoms with Crippen molar-refractivity contribution in [2.24, 2.45) is 52.8 Å². The van der Waals surface area contributed by atoms with Crippen molar-refractivity contribution in [1.29, 1.82) is 0 Å². The summed E-state index contributed by atoms with van der Waals surface area (Å²) in [7, 11) is 2.01. The smallest absolute Gasteiger partial charge is 0.305 e. The number of Topliss-reactive ketones (excluding diaryl/α,β-unsaturated/α-hetero) is 5. The zero-order valence-electron chi connectivity index (χ0n) is 67.8. The Morgan fingerprint density at radius 3 is 1.88 bits per heavy atom. The van der Waals surface area contributed by atoms with E-state index in [0.29, 0.717) is 29.8 Å². The average molecular weight is 1630 g/mol. The summed E-state index contributed by atoms with van der Waals surface area (Å²) in [5, 5.41) is 49.9. The van der Waals surface area contributed by atoms with Crippen LogP contribution in [0.5, 0.6) is 5.75 Å². The molecule has 6 amide bonds. The van der Waals surface area contributed by atoms with Gasteiger partial charge in [-0.05, 0) is 117 Å². The lowest BCUT2D eigenvalue weighted by Crippen LogP contribution is -2.55. The number of hydrogen-bond donors (Lipinski definition) is 11. The Bertz CT molecular complexity index is 4060. The van der Waals surface area contributed by atoms with Crippen molar-refractivity contribution in [2.45, 2.75) is 240 Å². The van der Waals surface area contributed by atoms with E-state index >= 15 is 28.8 Å². The van der Waals surface area contributed by atoms with Gasteiger partial charge in [-0.2, -0.15) is 0 Å². The molecule has 29 heteroatoms. The molecule has 2 aliphatic heterocycles. The first-order valence-corrected chi connectivity index (χ1v) is 42.6. The van der Waals surface area contributed by atoms with Gasteiger partial charge in [0.1, 0.15) is 11.8 Å². The number of carboxylic acids is 1. The maximum absolute atomic E-state index is 15.7. The molecule has 7 rings (SSSR count). The summed E-state index contributed by atoms with van der Waals surface area (Å²) in [6.45, 7) is 23.3. The number of ketones is 5. The van der Waals surface area contributed by atoms with Gasteiger partial charge in [0, 0.05) is 123 Å². The fourth-order valence-corrected chi connectivity index (χ4v) is 17.0. The Morgan fingerprint density at radius 2 is 1.29 bits per heavy atom. The van der Waals surface area contributed by atoms with Crippen LogP contribution in [0.15, 0.2) is 97.8 Å². The number of carbonyl (C=O) groups excluding carboxylic acids is 11. The number of hydrogen-bond acceptors (Lipinski definition) is 19. The second-order valence-electron chi connectivity index (χ2n) is 34.0. The van der Waals surface area contributed by atoms with E-state index in [-0.39, 0.29) is 109 Å². The van der Waals surface area contributed by atoms with Crippen molar-refractivity contribution in [1.82, 2.24) is 56.7 Å². The number of halogens is 1. The molecule has 1 unspecified atom stereocenters. The molecule has 3 aromatic carbocycles. The molecular formula is C85H118ClN11O15S2. The highest BCUT2D eigenvalue weighted by Crippen LogP contribution is 2.33. The number of rotatable bonds is 35. The van der Waals surface area contributed by atoms with E-state index in [4.69, 9.17) is 11.6 Å². The molecule has 2 saturated heterocycles. The van der Waals surface area contributed by atoms with Crippen LogP contribution in [0.3, 0.4) is 0 Å². The van der Waals surface area contributed by atoms with Gasteiger partial charge in [0.05, 0.1) is 72.2 Å². The number of H-pyrrole nitrogens is 2. The Morgan fingerprint density at radius 1 is 0.684 bits per heavy atom. The molecule has 622 valence electrons. The molecular weight excluding hydrogens is 1510 g/mol. The van der Waals surface area contributed by atoms with Crippen LogP contribution in [-0.4, -0.2) is 176 Å². The number of aromatic hydroxyl groups is 1. The van der Waals surface area contributed by atoms with Gasteiger partial charge in [-0.1, -0.05) is 163 Å². The lowest BCUT2D eigenvalue weighted by Gasteiger charge is -2.31. The monoisotopic (exact) mass is 1630 g/mol. The van der Waals surface area contributed by atoms with Gasteiger partial charge in [0.25, 0.3) is 0 Å². The first-order valence-electron chi connectivity index (χ1n) is 39.7. The van der Waals surface area contributed by atoms with Crippen LogP contribution in [0.25, 0.3) is 0 Å². The molecule has 0 bridgehead atoms. The second-order valence-corrected chi connectivity index (χ2v) is 37.0. The standard InChI is InChI=1S/C85H118ClN11O15S2/c1-13-51(6)77(75(104)38-56(27-49(2)3)78(107)89-41-54-21-19-52(20-22-54)25-26-84(7,8)9)95-82(111)60(33-62-43-88-48-91-62)36-73(102)67-45-113-114-46-68(94-81(110)59(32-61-42-87-47-90-61)35-72(101)66(96-85(10,11)12)31-53-17-15-14-16-18-53)83(112)97-44-63(98)39-69(97)74(103)37-58(29-55-23-24-70(99)64(86)30-55)80(109)92-65(40-76(105)106)71(100)34-57(28-50(4)5)79(108)93-67/h14-24,30,42-43,47-51,56-60,63,65-69,77,96,98-99H,13,25-29,31-41,44-46H2,1-12H3,(H,87,90)(H,88,91)(H,89,107)(H,92,109)(H,93,108)(H,94,110)(H,95,111)(H,105,106)/t51?,56-,57-,58-,59-,60-,63-,65+,66+,67+,68+,69+,77+/m1/s1.